The molecular formula is C38H41F4N15O5. The van der Waals surface area contributed by atoms with E-state index >= 15 is 0 Å². The smallest absolute Gasteiger partial charge is 0.372 e. The van der Waals surface area contributed by atoms with Crippen LogP contribution in [0, 0.1) is 13.8 Å². The summed E-state index contributed by atoms with van der Waals surface area (Å²) in [5, 5.41) is 14.1. The SMILES string of the molecule is CCn1nc(C)cc1C(=O)Nc1nc2cc(C(N)=O)cc(CN3CC(F)(F)OC(F)(F)C3)c2n1C/C=C/Cn1c(NC(=O)c2c(N)c(C)nn2CC)nc2cc(C(N)=O)cnc21. The highest BCUT2D eigenvalue weighted by atomic mass is 19.3. The number of nitrogens with two attached hydrogens (primary N) is 3. The molecule has 0 atom stereocenters. The molecule has 0 unspecified atom stereocenters. The number of nitrogens with one attached hydrogen (secondary N) is 2. The molecule has 326 valence electrons. The van der Waals surface area contributed by atoms with Crippen LogP contribution in [-0.4, -0.2) is 97.5 Å². The lowest BCUT2D eigenvalue weighted by molar-refractivity contribution is -0.405. The standard InChI is InChI=1S/C38H41F4N15O5/c1-5-56-26(11-19(3)51-56)33(60)49-35-47-24-13-21(30(44)58)12-23(16-53-17-37(39,40)62-38(41,42)18-53)28(24)54(35)9-7-8-10-55-32-25(14-22(15-46-32)31(45)59)48-36(55)50-34(61)29-27(43)20(4)52-57(29)6-2/h7-8,11-15H,5-6,9-10,16-18,43H2,1-4H3,(H2,44,58)(H2,45,59)(H,47,49,60)(H,48,50,61)/b8-7+. The number of fused-ring (bicyclic) bond motifs is 2. The first-order valence-electron chi connectivity index (χ1n) is 19.1. The van der Waals surface area contributed by atoms with Crippen LogP contribution < -0.4 is 27.8 Å². The largest absolute Gasteiger partial charge is 0.395 e. The Morgan fingerprint density at radius 3 is 2.05 bits per heavy atom. The van der Waals surface area contributed by atoms with Gasteiger partial charge in [-0.3, -0.25) is 53.4 Å². The number of nitrogens with zero attached hydrogens (tertiary/aromatic N) is 10. The fourth-order valence-electron chi connectivity index (χ4n) is 7.24. The number of pyridine rings is 1. The highest BCUT2D eigenvalue weighted by molar-refractivity contribution is 6.07. The molecule has 1 aromatic carbocycles. The minimum Gasteiger partial charge on any atom is -0.395 e. The Labute approximate surface area is 348 Å². The number of ether oxygens (including phenoxy) is 1. The zero-order valence-corrected chi connectivity index (χ0v) is 33.7. The highest BCUT2D eigenvalue weighted by Crippen LogP contribution is 2.35. The first kappa shape index (κ1) is 42.9. The maximum absolute atomic E-state index is 14.4. The third-order valence-corrected chi connectivity index (χ3v) is 9.90. The van der Waals surface area contributed by atoms with Crippen molar-refractivity contribution < 1.29 is 41.5 Å². The molecule has 0 aliphatic carbocycles. The molecule has 6 aromatic rings. The van der Waals surface area contributed by atoms with Gasteiger partial charge in [0, 0.05) is 44.5 Å². The number of hydrogen-bond acceptors (Lipinski definition) is 12. The number of aromatic nitrogens is 9. The summed E-state index contributed by atoms with van der Waals surface area (Å²) in [6.45, 7) is 4.65. The number of hydrogen-bond donors (Lipinski definition) is 5. The van der Waals surface area contributed by atoms with Gasteiger partial charge in [-0.05, 0) is 57.5 Å². The Morgan fingerprint density at radius 2 is 1.40 bits per heavy atom. The van der Waals surface area contributed by atoms with Gasteiger partial charge < -0.3 is 21.8 Å². The van der Waals surface area contributed by atoms with E-state index in [9.17, 15) is 36.7 Å². The second kappa shape index (κ2) is 16.3. The average Bonchev–Trinajstić information content (AvgIpc) is 3.92. The van der Waals surface area contributed by atoms with E-state index in [-0.39, 0.29) is 80.9 Å². The van der Waals surface area contributed by atoms with Gasteiger partial charge in [-0.25, -0.2) is 15.0 Å². The highest BCUT2D eigenvalue weighted by Gasteiger charge is 2.51. The minimum absolute atomic E-state index is 0.00348. The summed E-state index contributed by atoms with van der Waals surface area (Å²) in [5.41, 5.74) is 19.7. The first-order chi connectivity index (χ1) is 29.3. The number of morpholine rings is 1. The van der Waals surface area contributed by atoms with Crippen LogP contribution in [0.15, 0.2) is 42.6 Å². The lowest BCUT2D eigenvalue weighted by Gasteiger charge is -2.36. The topological polar surface area (TPSA) is 267 Å². The van der Waals surface area contributed by atoms with E-state index in [1.54, 1.807) is 45.9 Å². The van der Waals surface area contributed by atoms with Crippen LogP contribution in [0.25, 0.3) is 22.2 Å². The van der Waals surface area contributed by atoms with Crippen molar-refractivity contribution in [3.63, 3.8) is 0 Å². The first-order valence-corrected chi connectivity index (χ1v) is 19.1. The van der Waals surface area contributed by atoms with Crippen molar-refractivity contribution in [2.24, 2.45) is 11.5 Å². The van der Waals surface area contributed by atoms with E-state index in [0.717, 1.165) is 4.90 Å². The minimum atomic E-state index is -4.19. The number of benzene rings is 1. The Hall–Kier alpha value is -7.21. The molecule has 62 heavy (non-hydrogen) atoms. The molecule has 20 nitrogen and oxygen atoms in total. The number of aryl methyl sites for hydroxylation is 4. The van der Waals surface area contributed by atoms with Crippen LogP contribution in [-0.2, 0) is 37.5 Å². The molecule has 1 saturated heterocycles. The molecule has 0 saturated carbocycles. The second-order valence-electron chi connectivity index (χ2n) is 14.4. The Kier molecular flexibility index (Phi) is 11.3. The zero-order valence-electron chi connectivity index (χ0n) is 33.7. The number of alkyl halides is 4. The number of nitrogen functional groups attached to an aromatic ring is 1. The van der Waals surface area contributed by atoms with Crippen LogP contribution in [0.2, 0.25) is 0 Å². The van der Waals surface area contributed by atoms with E-state index in [1.807, 2.05) is 0 Å². The molecule has 5 aromatic heterocycles. The van der Waals surface area contributed by atoms with E-state index in [4.69, 9.17) is 17.2 Å². The number of rotatable bonds is 14. The fourth-order valence-corrected chi connectivity index (χ4v) is 7.24. The molecule has 8 N–H and O–H groups in total. The van der Waals surface area contributed by atoms with Crippen LogP contribution in [0.5, 0.6) is 0 Å². The quantitative estimate of drug-likeness (QED) is 0.0780. The molecule has 7 rings (SSSR count). The van der Waals surface area contributed by atoms with Crippen molar-refractivity contribution in [2.45, 2.75) is 72.6 Å². The van der Waals surface area contributed by atoms with Crippen molar-refractivity contribution in [3.8, 4) is 0 Å². The molecule has 1 aliphatic rings. The monoisotopic (exact) mass is 863 g/mol. The predicted octanol–water partition coefficient (Wildman–Crippen LogP) is 3.39. The summed E-state index contributed by atoms with van der Waals surface area (Å²) in [4.78, 5) is 66.0. The predicted molar refractivity (Wildman–Crippen MR) is 215 cm³/mol. The maximum Gasteiger partial charge on any atom is 0.372 e. The Morgan fingerprint density at radius 1 is 0.806 bits per heavy atom. The van der Waals surface area contributed by atoms with E-state index in [1.165, 1.54) is 42.9 Å². The number of anilines is 3. The van der Waals surface area contributed by atoms with E-state index < -0.39 is 55.5 Å². The van der Waals surface area contributed by atoms with Crippen LogP contribution in [0.3, 0.4) is 0 Å². The number of halogens is 4. The van der Waals surface area contributed by atoms with Crippen molar-refractivity contribution in [2.75, 3.05) is 29.5 Å². The number of amides is 4. The second-order valence-corrected chi connectivity index (χ2v) is 14.4. The summed E-state index contributed by atoms with van der Waals surface area (Å²) >= 11 is 0. The molecule has 0 spiro atoms. The van der Waals surface area contributed by atoms with Crippen molar-refractivity contribution in [1.29, 1.82) is 0 Å². The fraction of sp³-hybridized carbons (Fsp3) is 0.342. The molecule has 24 heteroatoms. The van der Waals surface area contributed by atoms with Crippen LogP contribution in [0.1, 0.15) is 72.5 Å². The van der Waals surface area contributed by atoms with Gasteiger partial charge in [0.1, 0.15) is 16.9 Å². The van der Waals surface area contributed by atoms with Crippen LogP contribution >= 0.6 is 0 Å². The van der Waals surface area contributed by atoms with Gasteiger partial charge in [-0.2, -0.15) is 27.8 Å². The number of primary amides is 2. The Bertz CT molecular complexity index is 2790. The number of carbonyl (C=O) groups excluding carboxylic acids is 4. The summed E-state index contributed by atoms with van der Waals surface area (Å²) in [7, 11) is 0. The van der Waals surface area contributed by atoms with Gasteiger partial charge in [0.05, 0.1) is 46.8 Å². The lowest BCUT2D eigenvalue weighted by Crippen LogP contribution is -2.54. The third-order valence-electron chi connectivity index (χ3n) is 9.90. The summed E-state index contributed by atoms with van der Waals surface area (Å²) < 4.78 is 67.2. The zero-order chi connectivity index (χ0) is 44.8. The van der Waals surface area contributed by atoms with E-state index in [0.29, 0.717) is 24.5 Å². The molecule has 1 fully saturated rings. The van der Waals surface area contributed by atoms with Gasteiger partial charge in [-0.15, -0.1) is 0 Å². The van der Waals surface area contributed by atoms with Crippen LogP contribution in [0.4, 0.5) is 35.1 Å². The van der Waals surface area contributed by atoms with Crippen molar-refractivity contribution >= 4 is 63.4 Å². The van der Waals surface area contributed by atoms with E-state index in [2.05, 4.69) is 40.5 Å². The van der Waals surface area contributed by atoms with Gasteiger partial charge in [0.25, 0.3) is 11.8 Å². The third kappa shape index (κ3) is 8.54. The Balaban J connectivity index is 1.29. The van der Waals surface area contributed by atoms with Gasteiger partial charge in [0.2, 0.25) is 23.7 Å². The summed E-state index contributed by atoms with van der Waals surface area (Å²) in [6.07, 6.45) is -3.84. The summed E-state index contributed by atoms with van der Waals surface area (Å²) in [6, 6.07) is 5.60. The molecule has 0 radical (unpaired) electrons. The molecule has 1 aliphatic heterocycles. The molecule has 4 amide bonds. The summed E-state index contributed by atoms with van der Waals surface area (Å²) in [5.74, 6) is -2.92. The number of carbonyl (C=O) groups is 4. The number of imidazole rings is 2. The normalized spacial score (nSPS) is 15.2. The number of allylic oxidation sites excluding steroid dienone is 2. The van der Waals surface area contributed by atoms with Crippen molar-refractivity contribution in [3.05, 3.63) is 82.1 Å². The van der Waals surface area contributed by atoms with Gasteiger partial charge in [0.15, 0.2) is 5.65 Å². The van der Waals surface area contributed by atoms with Crippen molar-refractivity contribution in [1.82, 2.24) is 48.5 Å². The van der Waals surface area contributed by atoms with Gasteiger partial charge >= 0.3 is 12.2 Å². The lowest BCUT2D eigenvalue weighted by atomic mass is 10.1. The molecule has 0 bridgehead atoms. The average molecular weight is 864 g/mol. The maximum atomic E-state index is 14.4. The molecular weight excluding hydrogens is 823 g/mol. The molecule has 6 heterocycles. The van der Waals surface area contributed by atoms with Gasteiger partial charge in [-0.1, -0.05) is 12.2 Å².